The Hall–Kier alpha value is -4.33. The van der Waals surface area contributed by atoms with Crippen LogP contribution in [0.5, 0.6) is 0 Å². The van der Waals surface area contributed by atoms with Crippen molar-refractivity contribution in [2.45, 2.75) is 19.5 Å². The highest BCUT2D eigenvalue weighted by atomic mass is 35.5. The van der Waals surface area contributed by atoms with Crippen molar-refractivity contribution in [1.29, 1.82) is 0 Å². The van der Waals surface area contributed by atoms with Gasteiger partial charge >= 0.3 is 6.03 Å². The van der Waals surface area contributed by atoms with Crippen LogP contribution >= 0.6 is 22.1 Å². The molecule has 0 bridgehead atoms. The zero-order valence-corrected chi connectivity index (χ0v) is 24.1. The number of anilines is 1. The van der Waals surface area contributed by atoms with E-state index in [9.17, 15) is 4.79 Å². The summed E-state index contributed by atoms with van der Waals surface area (Å²) in [6.07, 6.45) is 13.5. The molecule has 8 heteroatoms. The molecule has 0 fully saturated rings. The highest BCUT2D eigenvalue weighted by Crippen LogP contribution is 2.48. The Bertz CT molecular complexity index is 1680. The summed E-state index contributed by atoms with van der Waals surface area (Å²) in [7, 11) is -0.171. The standard InChI is InChI=1S/C33H28ClN5OS/c1-41-30-18-10-15-26(30)27-21-36(29-17-9-8-16-28(29)34)22-31-38(32(27)41)23-35-39(31)33(40)37(19-24-11-4-2-5-12-24)20-25-13-6-3-7-14-25/h2-14,16-18,21-23H,15,19-20H2,1H3. The summed E-state index contributed by atoms with van der Waals surface area (Å²) in [5, 5.41) is 6.86. The van der Waals surface area contributed by atoms with Crippen molar-refractivity contribution >= 4 is 45.1 Å². The number of amides is 2. The predicted octanol–water partition coefficient (Wildman–Crippen LogP) is 7.48. The van der Waals surface area contributed by atoms with Crippen molar-refractivity contribution in [3.05, 3.63) is 148 Å². The molecule has 6 nitrogen and oxygen atoms in total. The molecule has 41 heavy (non-hydrogen) atoms. The van der Waals surface area contributed by atoms with Crippen LogP contribution in [0.4, 0.5) is 10.5 Å². The molecule has 1 aliphatic carbocycles. The number of benzene rings is 3. The number of para-hydroxylation sites is 1. The molecule has 0 radical (unpaired) electrons. The van der Waals surface area contributed by atoms with Crippen molar-refractivity contribution in [2.75, 3.05) is 11.2 Å². The summed E-state index contributed by atoms with van der Waals surface area (Å²) < 4.78 is 0. The molecule has 0 aromatic heterocycles. The Balaban J connectivity index is 1.30. The maximum atomic E-state index is 14.4. The average molecular weight is 578 g/mol. The van der Waals surface area contributed by atoms with Crippen LogP contribution in [0.2, 0.25) is 5.02 Å². The fraction of sp³-hybridized carbons (Fsp3) is 0.121. The van der Waals surface area contributed by atoms with Gasteiger partial charge in [-0.05, 0) is 41.5 Å². The van der Waals surface area contributed by atoms with Gasteiger partial charge in [-0.1, -0.05) is 96.5 Å². The Morgan fingerprint density at radius 2 is 1.59 bits per heavy atom. The lowest BCUT2D eigenvalue weighted by Gasteiger charge is -2.29. The molecule has 7 rings (SSSR count). The maximum Gasteiger partial charge on any atom is 0.347 e. The van der Waals surface area contributed by atoms with E-state index in [0.717, 1.165) is 33.8 Å². The number of fused-ring (bicyclic) bond motifs is 4. The summed E-state index contributed by atoms with van der Waals surface area (Å²) in [5.41, 5.74) is 5.44. The third-order valence-electron chi connectivity index (χ3n) is 7.57. The van der Waals surface area contributed by atoms with Gasteiger partial charge in [0.05, 0.1) is 21.9 Å². The van der Waals surface area contributed by atoms with Crippen LogP contribution < -0.4 is 4.90 Å². The quantitative estimate of drug-likeness (QED) is 0.295. The first-order valence-electron chi connectivity index (χ1n) is 13.5. The summed E-state index contributed by atoms with van der Waals surface area (Å²) >= 11 is 6.70. The molecule has 0 N–H and O–H groups in total. The second-order valence-corrected chi connectivity index (χ2v) is 12.4. The van der Waals surface area contributed by atoms with Crippen LogP contribution in [0.3, 0.4) is 0 Å². The zero-order chi connectivity index (χ0) is 27.9. The Kier molecular flexibility index (Phi) is 6.61. The van der Waals surface area contributed by atoms with Gasteiger partial charge < -0.3 is 9.80 Å². The van der Waals surface area contributed by atoms with E-state index in [2.05, 4.69) is 29.5 Å². The van der Waals surface area contributed by atoms with Crippen LogP contribution in [-0.4, -0.2) is 38.4 Å². The van der Waals surface area contributed by atoms with Crippen LogP contribution in [0, 0.1) is 0 Å². The third kappa shape index (κ3) is 4.61. The summed E-state index contributed by atoms with van der Waals surface area (Å²) in [6, 6.07) is 27.7. The Morgan fingerprint density at radius 1 is 0.927 bits per heavy atom. The minimum atomic E-state index is -0.194. The number of urea groups is 1. The zero-order valence-electron chi connectivity index (χ0n) is 22.5. The number of hydrazone groups is 1. The minimum Gasteiger partial charge on any atom is -0.318 e. The first kappa shape index (κ1) is 25.6. The predicted molar refractivity (Wildman–Crippen MR) is 169 cm³/mol. The summed E-state index contributed by atoms with van der Waals surface area (Å²) in [6.45, 7) is 0.919. The number of nitrogens with zero attached hydrogens (tertiary/aromatic N) is 5. The van der Waals surface area contributed by atoms with Gasteiger partial charge in [-0.15, -0.1) is 10.5 Å². The molecule has 4 aliphatic rings. The van der Waals surface area contributed by atoms with E-state index in [4.69, 9.17) is 16.7 Å². The van der Waals surface area contributed by atoms with E-state index in [1.807, 2.05) is 101 Å². The molecule has 0 saturated heterocycles. The molecular formula is C33H28ClN5OS. The smallest absolute Gasteiger partial charge is 0.318 e. The first-order chi connectivity index (χ1) is 20.1. The maximum absolute atomic E-state index is 14.4. The fourth-order valence-electron chi connectivity index (χ4n) is 5.60. The topological polar surface area (TPSA) is 42.4 Å². The molecule has 3 aliphatic heterocycles. The monoisotopic (exact) mass is 577 g/mol. The van der Waals surface area contributed by atoms with Gasteiger partial charge in [0.1, 0.15) is 6.34 Å². The van der Waals surface area contributed by atoms with E-state index in [0.29, 0.717) is 23.9 Å². The number of halogens is 1. The summed E-state index contributed by atoms with van der Waals surface area (Å²) in [4.78, 5) is 22.8. The van der Waals surface area contributed by atoms with Crippen LogP contribution in [0.25, 0.3) is 0 Å². The van der Waals surface area contributed by atoms with Gasteiger partial charge in [0.2, 0.25) is 0 Å². The molecule has 1 atom stereocenters. The van der Waals surface area contributed by atoms with Crippen molar-refractivity contribution in [3.63, 3.8) is 0 Å². The second kappa shape index (κ2) is 10.6. The van der Waals surface area contributed by atoms with Gasteiger partial charge in [-0.2, -0.15) is 10.1 Å². The second-order valence-electron chi connectivity index (χ2n) is 10.2. The number of carbonyl (C=O) groups excluding carboxylic acids is 1. The molecule has 0 saturated carbocycles. The molecular weight excluding hydrogens is 550 g/mol. The minimum absolute atomic E-state index is 0.171. The number of carbonyl (C=O) groups is 1. The van der Waals surface area contributed by atoms with Crippen molar-refractivity contribution in [1.82, 2.24) is 14.8 Å². The van der Waals surface area contributed by atoms with Crippen molar-refractivity contribution in [3.8, 4) is 0 Å². The van der Waals surface area contributed by atoms with E-state index in [1.54, 1.807) is 6.34 Å². The number of allylic oxidation sites excluding steroid dienone is 2. The van der Waals surface area contributed by atoms with Gasteiger partial charge in [0, 0.05) is 29.8 Å². The number of hydrogen-bond donors (Lipinski definition) is 0. The highest BCUT2D eigenvalue weighted by Gasteiger charge is 2.40. The number of hydrogen-bond acceptors (Lipinski definition) is 4. The lowest BCUT2D eigenvalue weighted by Crippen LogP contribution is -2.41. The molecule has 3 heterocycles. The average Bonchev–Trinajstić information content (AvgIpc) is 3.67. The Morgan fingerprint density at radius 3 is 2.27 bits per heavy atom. The largest absolute Gasteiger partial charge is 0.347 e. The lowest BCUT2D eigenvalue weighted by molar-refractivity contribution is 0.159. The molecule has 1 unspecified atom stereocenters. The van der Waals surface area contributed by atoms with E-state index >= 15 is 0 Å². The summed E-state index contributed by atoms with van der Waals surface area (Å²) in [5.74, 6) is 0.673. The molecule has 204 valence electrons. The highest BCUT2D eigenvalue weighted by molar-refractivity contribution is 8.19. The fourth-order valence-corrected chi connectivity index (χ4v) is 7.85. The third-order valence-corrected chi connectivity index (χ3v) is 9.93. The Labute approximate surface area is 247 Å². The van der Waals surface area contributed by atoms with Gasteiger partial charge in [-0.25, -0.2) is 4.79 Å². The van der Waals surface area contributed by atoms with Crippen LogP contribution in [0.1, 0.15) is 17.5 Å². The SMILES string of the molecule is CS1=C2C(=CN(c3ccccc3Cl)C=C3N2C=NN3C(=O)N(Cc2ccccc2)Cc2ccccc2)C2=C1C=CC2. The van der Waals surface area contributed by atoms with Gasteiger partial charge in [0.25, 0.3) is 0 Å². The molecule has 3 aromatic rings. The molecule has 3 aromatic carbocycles. The normalized spacial score (nSPS) is 18.7. The number of rotatable bonds is 5. The molecule has 2 amide bonds. The van der Waals surface area contributed by atoms with Crippen LogP contribution in [-0.2, 0) is 13.1 Å². The first-order valence-corrected chi connectivity index (χ1v) is 15.5. The van der Waals surface area contributed by atoms with Crippen molar-refractivity contribution in [2.24, 2.45) is 5.10 Å². The van der Waals surface area contributed by atoms with Gasteiger partial charge in [-0.3, -0.25) is 4.90 Å². The van der Waals surface area contributed by atoms with Gasteiger partial charge in [0.15, 0.2) is 5.82 Å². The van der Waals surface area contributed by atoms with Crippen LogP contribution in [0.15, 0.2) is 136 Å². The lowest BCUT2D eigenvalue weighted by atomic mass is 10.1. The van der Waals surface area contributed by atoms with E-state index in [1.165, 1.54) is 15.5 Å². The molecule has 0 spiro atoms. The van der Waals surface area contributed by atoms with E-state index < -0.39 is 0 Å². The van der Waals surface area contributed by atoms with Crippen molar-refractivity contribution < 1.29 is 4.79 Å². The van der Waals surface area contributed by atoms with E-state index in [-0.39, 0.29) is 16.5 Å².